The highest BCUT2D eigenvalue weighted by molar-refractivity contribution is 6.02. The fourth-order valence-electron chi connectivity index (χ4n) is 3.16. The molecule has 2 amide bonds. The molecule has 1 saturated carbocycles. The van der Waals surface area contributed by atoms with Crippen LogP contribution in [-0.4, -0.2) is 34.0 Å². The number of hydrogen-bond acceptors (Lipinski definition) is 5. The van der Waals surface area contributed by atoms with Crippen LogP contribution < -0.4 is 20.1 Å². The number of rotatable bonds is 5. The largest absolute Gasteiger partial charge is 0.454 e. The first-order valence-electron chi connectivity index (χ1n) is 9.14. The van der Waals surface area contributed by atoms with Crippen molar-refractivity contribution in [3.8, 4) is 11.5 Å². The van der Waals surface area contributed by atoms with Crippen LogP contribution >= 0.6 is 0 Å². The maximum absolute atomic E-state index is 12.8. The smallest absolute Gasteiger partial charge is 0.287 e. The number of nitrogens with one attached hydrogen (secondary N) is 2. The van der Waals surface area contributed by atoms with Gasteiger partial charge in [-0.05, 0) is 42.7 Å². The first-order chi connectivity index (χ1) is 13.7. The van der Waals surface area contributed by atoms with Gasteiger partial charge in [0, 0.05) is 18.8 Å². The van der Waals surface area contributed by atoms with Crippen LogP contribution in [0.3, 0.4) is 0 Å². The van der Waals surface area contributed by atoms with Crippen molar-refractivity contribution in [2.24, 2.45) is 0 Å². The Bertz CT molecular complexity index is 1090. The second-order valence-electron chi connectivity index (χ2n) is 6.86. The Kier molecular flexibility index (Phi) is 3.89. The summed E-state index contributed by atoms with van der Waals surface area (Å²) in [6.07, 6.45) is 3.70. The maximum atomic E-state index is 12.8. The van der Waals surface area contributed by atoms with Crippen molar-refractivity contribution in [3.05, 3.63) is 59.7 Å². The molecule has 0 spiro atoms. The zero-order valence-electron chi connectivity index (χ0n) is 15.0. The van der Waals surface area contributed by atoms with E-state index in [1.807, 2.05) is 24.3 Å². The Labute approximate surface area is 160 Å². The summed E-state index contributed by atoms with van der Waals surface area (Å²) >= 11 is 0. The van der Waals surface area contributed by atoms with Gasteiger partial charge in [-0.2, -0.15) is 0 Å². The monoisotopic (exact) mass is 378 g/mol. The molecule has 8 nitrogen and oxygen atoms in total. The number of pyridine rings is 1. The van der Waals surface area contributed by atoms with E-state index in [9.17, 15) is 9.59 Å². The minimum Gasteiger partial charge on any atom is -0.454 e. The summed E-state index contributed by atoms with van der Waals surface area (Å²) in [5.41, 5.74) is 1.70. The molecule has 2 N–H and O–H groups in total. The number of nitrogens with zero attached hydrogens (tertiary/aromatic N) is 2. The minimum atomic E-state index is -0.341. The molecule has 0 bridgehead atoms. The van der Waals surface area contributed by atoms with E-state index in [4.69, 9.17) is 9.47 Å². The number of benzene rings is 1. The highest BCUT2D eigenvalue weighted by atomic mass is 16.7. The number of fused-ring (bicyclic) bond motifs is 2. The van der Waals surface area contributed by atoms with Crippen LogP contribution in [0.1, 0.15) is 39.5 Å². The molecular weight excluding hydrogens is 360 g/mol. The molecule has 1 aliphatic carbocycles. The topological polar surface area (TPSA) is 94.0 Å². The minimum absolute atomic E-state index is 0.206. The van der Waals surface area contributed by atoms with Gasteiger partial charge in [-0.1, -0.05) is 12.1 Å². The van der Waals surface area contributed by atoms with E-state index in [1.54, 1.807) is 22.7 Å². The van der Waals surface area contributed by atoms with Crippen molar-refractivity contribution in [1.29, 1.82) is 0 Å². The van der Waals surface area contributed by atoms with E-state index in [-0.39, 0.29) is 36.2 Å². The number of ether oxygens (including phenoxy) is 2. The second-order valence-corrected chi connectivity index (χ2v) is 6.86. The Morgan fingerprint density at radius 2 is 1.96 bits per heavy atom. The van der Waals surface area contributed by atoms with Gasteiger partial charge in [0.25, 0.3) is 11.8 Å². The van der Waals surface area contributed by atoms with Crippen LogP contribution in [0.4, 0.5) is 0 Å². The van der Waals surface area contributed by atoms with E-state index in [0.717, 1.165) is 18.4 Å². The fraction of sp³-hybridized carbons (Fsp3) is 0.250. The van der Waals surface area contributed by atoms with Gasteiger partial charge in [-0.15, -0.1) is 0 Å². The summed E-state index contributed by atoms with van der Waals surface area (Å²) in [6.45, 7) is 0.516. The van der Waals surface area contributed by atoms with Crippen molar-refractivity contribution in [3.63, 3.8) is 0 Å². The van der Waals surface area contributed by atoms with Crippen LogP contribution in [0.15, 0.2) is 42.6 Å². The summed E-state index contributed by atoms with van der Waals surface area (Å²) in [7, 11) is 0. The lowest BCUT2D eigenvalue weighted by atomic mass is 10.2. The van der Waals surface area contributed by atoms with E-state index in [0.29, 0.717) is 23.6 Å². The first kappa shape index (κ1) is 16.6. The molecule has 0 unspecified atom stereocenters. The Hall–Kier alpha value is -3.55. The van der Waals surface area contributed by atoms with Crippen LogP contribution in [0, 0.1) is 0 Å². The summed E-state index contributed by atoms with van der Waals surface area (Å²) in [5.74, 6) is 0.973. The number of imidazole rings is 1. The Balaban J connectivity index is 1.37. The summed E-state index contributed by atoms with van der Waals surface area (Å²) < 4.78 is 12.3. The van der Waals surface area contributed by atoms with E-state index < -0.39 is 0 Å². The zero-order chi connectivity index (χ0) is 19.1. The van der Waals surface area contributed by atoms with E-state index in [1.165, 1.54) is 0 Å². The number of amides is 2. The van der Waals surface area contributed by atoms with Crippen LogP contribution in [0.5, 0.6) is 11.5 Å². The van der Waals surface area contributed by atoms with Crippen molar-refractivity contribution >= 4 is 17.3 Å². The van der Waals surface area contributed by atoms with Gasteiger partial charge in [0.05, 0.1) is 5.52 Å². The average Bonchev–Trinajstić information content (AvgIpc) is 3.26. The number of aromatic nitrogens is 2. The standard InChI is InChI=1S/C20H18N4O4/c25-19(21-10-12-4-7-15-16(9-12)28-11-27-15)17-14-3-1-2-8-24(14)18(23-17)20(26)22-13-5-6-13/h1-4,7-9,13H,5-6,10-11H2,(H,21,25)(H,22,26). The van der Waals surface area contributed by atoms with Gasteiger partial charge in [0.2, 0.25) is 12.6 Å². The lowest BCUT2D eigenvalue weighted by molar-refractivity contribution is 0.0940. The average molecular weight is 378 g/mol. The lowest BCUT2D eigenvalue weighted by Gasteiger charge is -2.05. The highest BCUT2D eigenvalue weighted by Gasteiger charge is 2.27. The summed E-state index contributed by atoms with van der Waals surface area (Å²) in [5, 5.41) is 5.78. The Morgan fingerprint density at radius 1 is 1.11 bits per heavy atom. The molecule has 1 aliphatic heterocycles. The molecule has 28 heavy (non-hydrogen) atoms. The first-order valence-corrected chi connectivity index (χ1v) is 9.14. The zero-order valence-corrected chi connectivity index (χ0v) is 15.0. The number of carbonyl (C=O) groups excluding carboxylic acids is 2. The van der Waals surface area contributed by atoms with Gasteiger partial charge in [0.15, 0.2) is 17.2 Å². The lowest BCUT2D eigenvalue weighted by Crippen LogP contribution is -2.27. The molecular formula is C20H18N4O4. The number of carbonyl (C=O) groups is 2. The quantitative estimate of drug-likeness (QED) is 0.707. The van der Waals surface area contributed by atoms with Crippen LogP contribution in [0.2, 0.25) is 0 Å². The van der Waals surface area contributed by atoms with Crippen LogP contribution in [0.25, 0.3) is 5.52 Å². The molecule has 1 aromatic carbocycles. The molecule has 2 aliphatic rings. The predicted molar refractivity (Wildman–Crippen MR) is 99.4 cm³/mol. The molecule has 142 valence electrons. The van der Waals surface area contributed by atoms with Gasteiger partial charge in [0.1, 0.15) is 0 Å². The molecule has 3 heterocycles. The SMILES string of the molecule is O=C(NCc1ccc2c(c1)OCO2)c1nc(C(=O)NC2CC2)n2ccccc12. The molecule has 1 fully saturated rings. The summed E-state index contributed by atoms with van der Waals surface area (Å²) in [6, 6.07) is 11.1. The molecule has 2 aromatic heterocycles. The normalized spacial score (nSPS) is 14.9. The van der Waals surface area contributed by atoms with Crippen molar-refractivity contribution in [1.82, 2.24) is 20.0 Å². The second kappa shape index (κ2) is 6.56. The van der Waals surface area contributed by atoms with E-state index in [2.05, 4.69) is 15.6 Å². The molecule has 0 atom stereocenters. The van der Waals surface area contributed by atoms with Crippen molar-refractivity contribution < 1.29 is 19.1 Å². The van der Waals surface area contributed by atoms with Crippen molar-refractivity contribution in [2.45, 2.75) is 25.4 Å². The van der Waals surface area contributed by atoms with Crippen LogP contribution in [-0.2, 0) is 6.54 Å². The third-order valence-electron chi connectivity index (χ3n) is 4.77. The third kappa shape index (κ3) is 3.02. The van der Waals surface area contributed by atoms with Gasteiger partial charge in [-0.3, -0.25) is 14.0 Å². The van der Waals surface area contributed by atoms with Gasteiger partial charge < -0.3 is 20.1 Å². The fourth-order valence-corrected chi connectivity index (χ4v) is 3.16. The highest BCUT2D eigenvalue weighted by Crippen LogP contribution is 2.32. The van der Waals surface area contributed by atoms with Gasteiger partial charge in [-0.25, -0.2) is 4.98 Å². The molecule has 0 radical (unpaired) electrons. The molecule has 3 aromatic rings. The Morgan fingerprint density at radius 3 is 2.82 bits per heavy atom. The van der Waals surface area contributed by atoms with E-state index >= 15 is 0 Å². The summed E-state index contributed by atoms with van der Waals surface area (Å²) in [4.78, 5) is 29.6. The molecule has 8 heteroatoms. The predicted octanol–water partition coefficient (Wildman–Crippen LogP) is 1.89. The van der Waals surface area contributed by atoms with Crippen molar-refractivity contribution in [2.75, 3.05) is 6.79 Å². The molecule has 0 saturated heterocycles. The third-order valence-corrected chi connectivity index (χ3v) is 4.77. The number of hydrogen-bond donors (Lipinski definition) is 2. The molecule has 5 rings (SSSR count). The van der Waals surface area contributed by atoms with Gasteiger partial charge >= 0.3 is 0 Å². The maximum Gasteiger partial charge on any atom is 0.287 e.